The first-order valence-electron chi connectivity index (χ1n) is 10.1. The maximum atomic E-state index is 13.1. The molecule has 2 heterocycles. The van der Waals surface area contributed by atoms with Crippen molar-refractivity contribution >= 4 is 29.3 Å². The van der Waals surface area contributed by atoms with Gasteiger partial charge in [-0.2, -0.15) is 10.5 Å². The molecule has 0 fully saturated rings. The Kier molecular flexibility index (Phi) is 7.65. The molecule has 9 heteroatoms. The van der Waals surface area contributed by atoms with Crippen LogP contribution in [0, 0.1) is 36.5 Å². The van der Waals surface area contributed by atoms with E-state index in [-0.39, 0.29) is 35.1 Å². The number of nitrogens with two attached hydrogens (primary N) is 1. The van der Waals surface area contributed by atoms with Crippen LogP contribution in [0.25, 0.3) is 0 Å². The Balaban J connectivity index is 2.14. The van der Waals surface area contributed by atoms with Crippen molar-refractivity contribution in [2.75, 3.05) is 12.4 Å². The van der Waals surface area contributed by atoms with Gasteiger partial charge < -0.3 is 15.2 Å². The van der Waals surface area contributed by atoms with Crippen molar-refractivity contribution < 1.29 is 14.3 Å². The molecule has 0 unspecified atom stereocenters. The zero-order valence-corrected chi connectivity index (χ0v) is 19.9. The zero-order valence-electron chi connectivity index (χ0n) is 18.3. The van der Waals surface area contributed by atoms with Gasteiger partial charge in [0.05, 0.1) is 29.4 Å². The number of rotatable bonds is 6. The summed E-state index contributed by atoms with van der Waals surface area (Å²) in [6, 6.07) is 13.0. The van der Waals surface area contributed by atoms with E-state index in [1.165, 1.54) is 11.8 Å². The molecule has 7 nitrogen and oxygen atoms in total. The summed E-state index contributed by atoms with van der Waals surface area (Å²) in [4.78, 5) is 17.5. The first-order valence-corrected chi connectivity index (χ1v) is 11.4. The molecule has 0 radical (unpaired) electrons. The molecular formula is C24H21ClN4O3S. The van der Waals surface area contributed by atoms with Gasteiger partial charge in [0.25, 0.3) is 0 Å². The molecule has 2 aromatic rings. The van der Waals surface area contributed by atoms with E-state index in [1.54, 1.807) is 31.2 Å². The summed E-state index contributed by atoms with van der Waals surface area (Å²) in [5, 5.41) is 20.3. The summed E-state index contributed by atoms with van der Waals surface area (Å²) in [6.45, 7) is 5.50. The van der Waals surface area contributed by atoms with Gasteiger partial charge in [-0.05, 0) is 44.0 Å². The smallest absolute Gasteiger partial charge is 0.338 e. The number of carbonyl (C=O) groups is 1. The van der Waals surface area contributed by atoms with E-state index < -0.39 is 11.9 Å². The normalized spacial score (nSPS) is 15.5. The van der Waals surface area contributed by atoms with Crippen LogP contribution in [0.5, 0.6) is 0 Å². The second-order valence-corrected chi connectivity index (χ2v) is 8.54. The Bertz CT molecular complexity index is 1260. The number of ether oxygens (including phenoxy) is 2. The Morgan fingerprint density at radius 2 is 2.03 bits per heavy atom. The van der Waals surface area contributed by atoms with E-state index in [0.717, 1.165) is 11.3 Å². The number of halogens is 1. The summed E-state index contributed by atoms with van der Waals surface area (Å²) < 4.78 is 11.1. The molecule has 0 spiro atoms. The van der Waals surface area contributed by atoms with Crippen molar-refractivity contribution in [3.05, 3.63) is 80.5 Å². The number of thioether (sulfide) groups is 1. The topological polar surface area (TPSA) is 122 Å². The standard InChI is InChI=1S/C24H21ClN4O3S/c1-4-31-24(30)21-19(12-33-23-16(10-26)13(2)9-14(3)29-23)32-22(28)17(11-27)20(21)15-7-5-6-8-18(15)25/h5-9,20H,4,12,28H2,1-3H3/t20-/m1/s1. The highest BCUT2D eigenvalue weighted by atomic mass is 35.5. The number of nitrogens with zero attached hydrogens (tertiary/aromatic N) is 3. The number of aromatic nitrogens is 1. The SMILES string of the molecule is CCOC(=O)C1=C(CSc2nc(C)cc(C)c2C#N)OC(N)=C(C#N)[C@H]1c1ccccc1Cl. The van der Waals surface area contributed by atoms with Crippen LogP contribution in [0.1, 0.15) is 35.2 Å². The van der Waals surface area contributed by atoms with Crippen molar-refractivity contribution in [3.8, 4) is 12.1 Å². The summed E-state index contributed by atoms with van der Waals surface area (Å²) >= 11 is 7.67. The lowest BCUT2D eigenvalue weighted by Gasteiger charge is -2.28. The van der Waals surface area contributed by atoms with Gasteiger partial charge in [0, 0.05) is 10.7 Å². The molecule has 0 bridgehead atoms. The van der Waals surface area contributed by atoms with Crippen molar-refractivity contribution in [2.24, 2.45) is 5.73 Å². The van der Waals surface area contributed by atoms with Crippen LogP contribution in [-0.4, -0.2) is 23.3 Å². The van der Waals surface area contributed by atoms with Crippen LogP contribution < -0.4 is 5.73 Å². The molecular weight excluding hydrogens is 460 g/mol. The van der Waals surface area contributed by atoms with Crippen molar-refractivity contribution in [3.63, 3.8) is 0 Å². The molecule has 1 aliphatic rings. The van der Waals surface area contributed by atoms with Crippen LogP contribution in [0.15, 0.2) is 58.1 Å². The molecule has 1 aromatic carbocycles. The van der Waals surface area contributed by atoms with Gasteiger partial charge in [0.2, 0.25) is 5.88 Å². The van der Waals surface area contributed by atoms with E-state index in [4.69, 9.17) is 26.8 Å². The Morgan fingerprint density at radius 1 is 1.30 bits per heavy atom. The van der Waals surface area contributed by atoms with E-state index >= 15 is 0 Å². The predicted octanol–water partition coefficient (Wildman–Crippen LogP) is 4.64. The van der Waals surface area contributed by atoms with Crippen molar-refractivity contribution in [2.45, 2.75) is 31.7 Å². The van der Waals surface area contributed by atoms with E-state index in [1.807, 2.05) is 19.9 Å². The third kappa shape index (κ3) is 4.98. The summed E-state index contributed by atoms with van der Waals surface area (Å²) in [6.07, 6.45) is 0. The summed E-state index contributed by atoms with van der Waals surface area (Å²) in [5.74, 6) is -1.23. The van der Waals surface area contributed by atoms with Crippen LogP contribution in [0.2, 0.25) is 5.02 Å². The van der Waals surface area contributed by atoms with Gasteiger partial charge in [-0.3, -0.25) is 0 Å². The highest BCUT2D eigenvalue weighted by molar-refractivity contribution is 7.99. The highest BCUT2D eigenvalue weighted by Crippen LogP contribution is 2.43. The fraction of sp³-hybridized carbons (Fsp3) is 0.250. The number of carbonyl (C=O) groups excluding carboxylic acids is 1. The minimum Gasteiger partial charge on any atom is -0.463 e. The zero-order chi connectivity index (χ0) is 24.1. The number of esters is 1. The first kappa shape index (κ1) is 24.2. The number of allylic oxidation sites excluding steroid dienone is 1. The van der Waals surface area contributed by atoms with Crippen LogP contribution >= 0.6 is 23.4 Å². The lowest BCUT2D eigenvalue weighted by Crippen LogP contribution is -2.27. The van der Waals surface area contributed by atoms with Gasteiger partial charge in [-0.25, -0.2) is 9.78 Å². The number of hydrogen-bond donors (Lipinski definition) is 1. The maximum Gasteiger partial charge on any atom is 0.338 e. The molecule has 0 saturated heterocycles. The van der Waals surface area contributed by atoms with Gasteiger partial charge in [-0.15, -0.1) is 0 Å². The largest absolute Gasteiger partial charge is 0.463 e. The molecule has 0 saturated carbocycles. The summed E-state index contributed by atoms with van der Waals surface area (Å²) in [5.41, 5.74) is 8.86. The highest BCUT2D eigenvalue weighted by Gasteiger charge is 2.38. The minimum absolute atomic E-state index is 0.0714. The Labute approximate surface area is 201 Å². The maximum absolute atomic E-state index is 13.1. The van der Waals surface area contributed by atoms with Crippen molar-refractivity contribution in [1.82, 2.24) is 4.98 Å². The lowest BCUT2D eigenvalue weighted by atomic mass is 9.83. The number of hydrogen-bond acceptors (Lipinski definition) is 8. The molecule has 0 aliphatic carbocycles. The molecule has 1 aromatic heterocycles. The third-order valence-corrected chi connectivity index (χ3v) is 6.29. The van der Waals surface area contributed by atoms with E-state index in [0.29, 0.717) is 21.2 Å². The molecule has 0 amide bonds. The summed E-state index contributed by atoms with van der Waals surface area (Å²) in [7, 11) is 0. The van der Waals surface area contributed by atoms with Gasteiger partial charge in [0.1, 0.15) is 28.5 Å². The fourth-order valence-electron chi connectivity index (χ4n) is 3.55. The number of pyridine rings is 1. The second-order valence-electron chi connectivity index (χ2n) is 7.16. The average molecular weight is 481 g/mol. The van der Waals surface area contributed by atoms with Crippen molar-refractivity contribution in [1.29, 1.82) is 10.5 Å². The second kappa shape index (κ2) is 10.4. The van der Waals surface area contributed by atoms with E-state index in [9.17, 15) is 15.3 Å². The van der Waals surface area contributed by atoms with Crippen LogP contribution in [-0.2, 0) is 14.3 Å². The fourth-order valence-corrected chi connectivity index (χ4v) is 4.84. The molecule has 1 aliphatic heterocycles. The molecule has 2 N–H and O–H groups in total. The average Bonchev–Trinajstić information content (AvgIpc) is 2.77. The van der Waals surface area contributed by atoms with Gasteiger partial charge in [-0.1, -0.05) is 41.6 Å². The molecule has 1 atom stereocenters. The monoisotopic (exact) mass is 480 g/mol. The van der Waals surface area contributed by atoms with Gasteiger partial charge in [0.15, 0.2) is 0 Å². The Morgan fingerprint density at radius 3 is 2.67 bits per heavy atom. The molecule has 3 rings (SSSR count). The number of nitriles is 2. The lowest BCUT2D eigenvalue weighted by molar-refractivity contribution is -0.139. The molecule has 33 heavy (non-hydrogen) atoms. The minimum atomic E-state index is -0.852. The third-order valence-electron chi connectivity index (χ3n) is 4.97. The van der Waals surface area contributed by atoms with E-state index in [2.05, 4.69) is 17.1 Å². The quantitative estimate of drug-likeness (QED) is 0.468. The van der Waals surface area contributed by atoms with Gasteiger partial charge >= 0.3 is 5.97 Å². The molecule has 168 valence electrons. The van der Waals surface area contributed by atoms with Crippen LogP contribution in [0.4, 0.5) is 0 Å². The van der Waals surface area contributed by atoms with Crippen LogP contribution in [0.3, 0.4) is 0 Å². The number of benzene rings is 1. The number of aryl methyl sites for hydroxylation is 2. The predicted molar refractivity (Wildman–Crippen MR) is 125 cm³/mol. The first-order chi connectivity index (χ1) is 15.8. The Hall–Kier alpha value is -3.46.